The number of rotatable bonds is 1. The lowest BCUT2D eigenvalue weighted by Crippen LogP contribution is -2.24. The van der Waals surface area contributed by atoms with Crippen LogP contribution in [0, 0.1) is 0 Å². The summed E-state index contributed by atoms with van der Waals surface area (Å²) < 4.78 is 5.12. The standard InChI is InChI=1S/C5H11BO3/c6-5-1-3(8)4(2-7)9-5/h3-5,7-8H,1-2,6H2/t3-,4?,5?/m0/s1. The summed E-state index contributed by atoms with van der Waals surface area (Å²) in [6.45, 7) is -0.0779. The van der Waals surface area contributed by atoms with Crippen molar-refractivity contribution in [2.45, 2.75) is 24.6 Å². The van der Waals surface area contributed by atoms with Gasteiger partial charge in [-0.25, -0.2) is 0 Å². The van der Waals surface area contributed by atoms with E-state index in [2.05, 4.69) is 0 Å². The molecule has 0 amide bonds. The first-order chi connectivity index (χ1) is 4.24. The van der Waals surface area contributed by atoms with Crippen molar-refractivity contribution in [1.29, 1.82) is 0 Å². The molecule has 0 aromatic heterocycles. The molecule has 1 saturated heterocycles. The Morgan fingerprint density at radius 3 is 2.56 bits per heavy atom. The first-order valence-corrected chi connectivity index (χ1v) is 3.18. The van der Waals surface area contributed by atoms with Crippen molar-refractivity contribution in [1.82, 2.24) is 0 Å². The van der Waals surface area contributed by atoms with Gasteiger partial charge in [0.25, 0.3) is 0 Å². The molecular formula is C5H11BO3. The molecule has 2 unspecified atom stereocenters. The molecule has 0 radical (unpaired) electrons. The normalized spacial score (nSPS) is 43.6. The van der Waals surface area contributed by atoms with Gasteiger partial charge in [-0.05, 0) is 6.42 Å². The van der Waals surface area contributed by atoms with Crippen LogP contribution in [0.4, 0.5) is 0 Å². The zero-order valence-corrected chi connectivity index (χ0v) is 5.45. The first kappa shape index (κ1) is 7.06. The van der Waals surface area contributed by atoms with Crippen molar-refractivity contribution < 1.29 is 14.9 Å². The average molecular weight is 130 g/mol. The van der Waals surface area contributed by atoms with E-state index in [-0.39, 0.29) is 18.7 Å². The maximum Gasteiger partial charge on any atom is 0.139 e. The fourth-order valence-electron chi connectivity index (χ4n) is 1.10. The van der Waals surface area contributed by atoms with Crippen LogP contribution in [-0.4, -0.2) is 42.9 Å². The molecule has 0 saturated carbocycles. The van der Waals surface area contributed by atoms with Gasteiger partial charge in [0.05, 0.1) is 12.7 Å². The molecule has 0 aromatic rings. The van der Waals surface area contributed by atoms with E-state index in [1.54, 1.807) is 0 Å². The van der Waals surface area contributed by atoms with Gasteiger partial charge >= 0.3 is 0 Å². The highest BCUT2D eigenvalue weighted by molar-refractivity contribution is 6.11. The van der Waals surface area contributed by atoms with E-state index in [1.807, 2.05) is 7.85 Å². The first-order valence-electron chi connectivity index (χ1n) is 3.18. The summed E-state index contributed by atoms with van der Waals surface area (Å²) in [7, 11) is 1.89. The van der Waals surface area contributed by atoms with E-state index in [1.165, 1.54) is 0 Å². The Bertz CT molecular complexity index is 98.2. The van der Waals surface area contributed by atoms with Crippen LogP contribution >= 0.6 is 0 Å². The van der Waals surface area contributed by atoms with Gasteiger partial charge in [0.15, 0.2) is 0 Å². The Hall–Kier alpha value is -0.0551. The average Bonchev–Trinajstić information content (AvgIpc) is 2.10. The van der Waals surface area contributed by atoms with Crippen LogP contribution in [0.5, 0.6) is 0 Å². The lowest BCUT2D eigenvalue weighted by molar-refractivity contribution is -0.00408. The molecule has 1 heterocycles. The lowest BCUT2D eigenvalue weighted by atomic mass is 9.96. The van der Waals surface area contributed by atoms with E-state index in [0.29, 0.717) is 6.42 Å². The third-order valence-corrected chi connectivity index (χ3v) is 1.59. The summed E-state index contributed by atoms with van der Waals surface area (Å²) in [6.07, 6.45) is -0.171. The van der Waals surface area contributed by atoms with E-state index in [4.69, 9.17) is 14.9 Å². The molecule has 4 heteroatoms. The highest BCUT2D eigenvalue weighted by atomic mass is 16.5. The van der Waals surface area contributed by atoms with E-state index >= 15 is 0 Å². The summed E-state index contributed by atoms with van der Waals surface area (Å²) in [6, 6.07) is 0.0946. The molecule has 1 aliphatic rings. The van der Waals surface area contributed by atoms with Gasteiger partial charge in [-0.2, -0.15) is 0 Å². The lowest BCUT2D eigenvalue weighted by Gasteiger charge is -2.08. The summed E-state index contributed by atoms with van der Waals surface area (Å²) in [5.74, 6) is 0. The van der Waals surface area contributed by atoms with Crippen LogP contribution in [0.3, 0.4) is 0 Å². The summed E-state index contributed by atoms with van der Waals surface area (Å²) in [4.78, 5) is 0. The maximum atomic E-state index is 9.07. The van der Waals surface area contributed by atoms with Crippen molar-refractivity contribution in [2.24, 2.45) is 0 Å². The third kappa shape index (κ3) is 1.44. The van der Waals surface area contributed by atoms with Crippen LogP contribution in [0.15, 0.2) is 0 Å². The number of hydrogen-bond donors (Lipinski definition) is 2. The third-order valence-electron chi connectivity index (χ3n) is 1.59. The Morgan fingerprint density at radius 1 is 1.67 bits per heavy atom. The Morgan fingerprint density at radius 2 is 2.33 bits per heavy atom. The Balaban J connectivity index is 2.38. The van der Waals surface area contributed by atoms with Crippen LogP contribution in [0.25, 0.3) is 0 Å². The fourth-order valence-corrected chi connectivity index (χ4v) is 1.10. The predicted molar refractivity (Wildman–Crippen MR) is 34.9 cm³/mol. The SMILES string of the molecule is BC1C[C@H](O)C(CO)O1. The molecule has 0 spiro atoms. The Labute approximate surface area is 55.0 Å². The Kier molecular flexibility index (Phi) is 2.11. The molecule has 3 atom stereocenters. The van der Waals surface area contributed by atoms with Crippen LogP contribution in [0.2, 0.25) is 0 Å². The highest BCUT2D eigenvalue weighted by Gasteiger charge is 2.29. The highest BCUT2D eigenvalue weighted by Crippen LogP contribution is 2.17. The van der Waals surface area contributed by atoms with Gasteiger partial charge in [-0.3, -0.25) is 0 Å². The molecule has 52 valence electrons. The maximum absolute atomic E-state index is 9.07. The van der Waals surface area contributed by atoms with Gasteiger partial charge < -0.3 is 14.9 Å². The molecule has 2 N–H and O–H groups in total. The van der Waals surface area contributed by atoms with Gasteiger partial charge in [-0.15, -0.1) is 0 Å². The number of ether oxygens (including phenoxy) is 1. The molecule has 0 aromatic carbocycles. The minimum atomic E-state index is -0.468. The monoisotopic (exact) mass is 130 g/mol. The molecule has 1 aliphatic heterocycles. The minimum Gasteiger partial charge on any atom is -0.394 e. The molecule has 1 rings (SSSR count). The van der Waals surface area contributed by atoms with Gasteiger partial charge in [0.1, 0.15) is 14.0 Å². The summed E-state index contributed by atoms with van der Waals surface area (Å²) >= 11 is 0. The second-order valence-corrected chi connectivity index (χ2v) is 2.47. The summed E-state index contributed by atoms with van der Waals surface area (Å²) in [5.41, 5.74) is 0. The van der Waals surface area contributed by atoms with Gasteiger partial charge in [0, 0.05) is 6.00 Å². The van der Waals surface area contributed by atoms with E-state index in [0.717, 1.165) is 0 Å². The second kappa shape index (κ2) is 2.69. The van der Waals surface area contributed by atoms with Crippen molar-refractivity contribution in [3.8, 4) is 0 Å². The summed E-state index contributed by atoms with van der Waals surface area (Å²) in [5, 5.41) is 17.6. The van der Waals surface area contributed by atoms with Gasteiger partial charge in [0.2, 0.25) is 0 Å². The molecule has 9 heavy (non-hydrogen) atoms. The molecule has 3 nitrogen and oxygen atoms in total. The van der Waals surface area contributed by atoms with Gasteiger partial charge in [-0.1, -0.05) is 0 Å². The fraction of sp³-hybridized carbons (Fsp3) is 1.00. The van der Waals surface area contributed by atoms with Crippen molar-refractivity contribution >= 4 is 7.85 Å². The number of aliphatic hydroxyl groups excluding tert-OH is 2. The largest absolute Gasteiger partial charge is 0.394 e. The van der Waals surface area contributed by atoms with E-state index in [9.17, 15) is 0 Å². The second-order valence-electron chi connectivity index (χ2n) is 2.47. The van der Waals surface area contributed by atoms with Crippen LogP contribution in [0.1, 0.15) is 6.42 Å². The quantitative estimate of drug-likeness (QED) is 0.407. The molecular weight excluding hydrogens is 119 g/mol. The number of hydrogen-bond acceptors (Lipinski definition) is 3. The smallest absolute Gasteiger partial charge is 0.139 e. The zero-order valence-electron chi connectivity index (χ0n) is 5.45. The predicted octanol–water partition coefficient (Wildman–Crippen LogP) is -1.91. The van der Waals surface area contributed by atoms with Crippen molar-refractivity contribution in [3.05, 3.63) is 0 Å². The molecule has 0 aliphatic carbocycles. The molecule has 1 fully saturated rings. The van der Waals surface area contributed by atoms with Crippen LogP contribution < -0.4 is 0 Å². The minimum absolute atomic E-state index is 0.0779. The van der Waals surface area contributed by atoms with Crippen molar-refractivity contribution in [2.75, 3.05) is 6.61 Å². The zero-order chi connectivity index (χ0) is 6.85. The molecule has 0 bridgehead atoms. The van der Waals surface area contributed by atoms with E-state index < -0.39 is 6.10 Å². The van der Waals surface area contributed by atoms with Crippen LogP contribution in [-0.2, 0) is 4.74 Å². The number of aliphatic hydroxyl groups is 2. The topological polar surface area (TPSA) is 49.7 Å². The van der Waals surface area contributed by atoms with Crippen molar-refractivity contribution in [3.63, 3.8) is 0 Å².